The molecule has 150 valence electrons. The Labute approximate surface area is 169 Å². The van der Waals surface area contributed by atoms with Crippen LogP contribution in [0.1, 0.15) is 37.8 Å². The molecule has 2 aliphatic heterocycles. The van der Waals surface area contributed by atoms with Gasteiger partial charge in [-0.3, -0.25) is 10.00 Å². The highest BCUT2D eigenvalue weighted by Crippen LogP contribution is 2.37. The van der Waals surface area contributed by atoms with Gasteiger partial charge in [0, 0.05) is 49.0 Å². The lowest BCUT2D eigenvalue weighted by molar-refractivity contribution is 0.136. The maximum Gasteiger partial charge on any atom is 0.232 e. The molecule has 5 rings (SSSR count). The molecule has 5 heterocycles. The van der Waals surface area contributed by atoms with E-state index >= 15 is 0 Å². The topological polar surface area (TPSA) is 110 Å². The van der Waals surface area contributed by atoms with E-state index in [0.29, 0.717) is 30.5 Å². The van der Waals surface area contributed by atoms with Gasteiger partial charge < -0.3 is 10.6 Å². The van der Waals surface area contributed by atoms with Gasteiger partial charge in [0.2, 0.25) is 5.95 Å². The van der Waals surface area contributed by atoms with Gasteiger partial charge in [-0.1, -0.05) is 0 Å². The minimum absolute atomic E-state index is 0.380. The predicted octanol–water partition coefficient (Wildman–Crippen LogP) is 2.83. The monoisotopic (exact) mass is 391 g/mol. The van der Waals surface area contributed by atoms with Gasteiger partial charge in [-0.15, -0.1) is 0 Å². The first-order valence-corrected chi connectivity index (χ1v) is 10.2. The van der Waals surface area contributed by atoms with E-state index in [2.05, 4.69) is 36.9 Å². The number of hydrogen-bond donors (Lipinski definition) is 3. The molecule has 0 aromatic carbocycles. The van der Waals surface area contributed by atoms with Crippen molar-refractivity contribution in [2.75, 3.05) is 17.2 Å². The summed E-state index contributed by atoms with van der Waals surface area (Å²) in [5.74, 6) is 2.21. The number of rotatable bonds is 6. The number of nitrogens with one attached hydrogen (secondary N) is 3. The zero-order valence-corrected chi connectivity index (χ0v) is 16.5. The number of H-pyrrole nitrogens is 1. The molecule has 2 saturated heterocycles. The van der Waals surface area contributed by atoms with E-state index in [-0.39, 0.29) is 0 Å². The fraction of sp³-hybridized carbons (Fsp3) is 0.500. The van der Waals surface area contributed by atoms with Crippen LogP contribution in [0.4, 0.5) is 17.6 Å². The van der Waals surface area contributed by atoms with Crippen molar-refractivity contribution in [3.63, 3.8) is 0 Å². The van der Waals surface area contributed by atoms with Crippen LogP contribution >= 0.6 is 0 Å². The fourth-order valence-corrected chi connectivity index (χ4v) is 4.84. The summed E-state index contributed by atoms with van der Waals surface area (Å²) >= 11 is 0. The van der Waals surface area contributed by atoms with Crippen LogP contribution < -0.4 is 10.6 Å². The van der Waals surface area contributed by atoms with Gasteiger partial charge in [-0.05, 0) is 44.7 Å². The first-order chi connectivity index (χ1) is 14.2. The molecule has 3 N–H and O–H groups in total. The zero-order chi connectivity index (χ0) is 19.8. The van der Waals surface area contributed by atoms with Crippen LogP contribution in [0.25, 0.3) is 5.52 Å². The molecule has 0 radical (unpaired) electrons. The average molecular weight is 391 g/mol. The number of nitrogens with zero attached hydrogens (tertiary/aromatic N) is 6. The number of fused-ring (bicyclic) bond motifs is 3. The summed E-state index contributed by atoms with van der Waals surface area (Å²) in [5.41, 5.74) is 1.93. The van der Waals surface area contributed by atoms with Gasteiger partial charge in [0.05, 0.1) is 6.07 Å². The highest BCUT2D eigenvalue weighted by Gasteiger charge is 2.40. The molecule has 9 heteroatoms. The molecule has 3 aromatic rings. The number of aromatic amines is 1. The Hall–Kier alpha value is -3.12. The largest absolute Gasteiger partial charge is 0.365 e. The Morgan fingerprint density at radius 2 is 2.14 bits per heavy atom. The Balaban J connectivity index is 1.36. The molecular weight excluding hydrogens is 366 g/mol. The Bertz CT molecular complexity index is 1030. The number of anilines is 3. The van der Waals surface area contributed by atoms with Crippen LogP contribution in [0.3, 0.4) is 0 Å². The van der Waals surface area contributed by atoms with E-state index in [1.165, 1.54) is 12.8 Å². The molecule has 2 aliphatic rings. The second-order valence-corrected chi connectivity index (χ2v) is 8.01. The third-order valence-electron chi connectivity index (χ3n) is 6.06. The van der Waals surface area contributed by atoms with Gasteiger partial charge in [0.25, 0.3) is 0 Å². The highest BCUT2D eigenvalue weighted by atomic mass is 15.4. The normalized spacial score (nSPS) is 23.9. The second kappa shape index (κ2) is 7.37. The van der Waals surface area contributed by atoms with Crippen molar-refractivity contribution in [3.8, 4) is 6.07 Å². The van der Waals surface area contributed by atoms with E-state index in [9.17, 15) is 0 Å². The van der Waals surface area contributed by atoms with Crippen molar-refractivity contribution >= 4 is 23.1 Å². The minimum Gasteiger partial charge on any atom is -0.365 e. The van der Waals surface area contributed by atoms with E-state index in [0.717, 1.165) is 42.2 Å². The third-order valence-corrected chi connectivity index (χ3v) is 6.06. The molecule has 0 amide bonds. The van der Waals surface area contributed by atoms with Crippen molar-refractivity contribution in [3.05, 3.63) is 30.1 Å². The fourth-order valence-electron chi connectivity index (χ4n) is 4.84. The Morgan fingerprint density at radius 1 is 1.31 bits per heavy atom. The minimum atomic E-state index is 0.380. The number of aromatic nitrogens is 5. The second-order valence-electron chi connectivity index (χ2n) is 8.01. The Morgan fingerprint density at radius 3 is 2.86 bits per heavy atom. The lowest BCUT2D eigenvalue weighted by Gasteiger charge is -2.38. The molecule has 0 saturated carbocycles. The van der Waals surface area contributed by atoms with Crippen molar-refractivity contribution in [1.82, 2.24) is 29.7 Å². The van der Waals surface area contributed by atoms with Crippen LogP contribution in [0.5, 0.6) is 0 Å². The maximum absolute atomic E-state index is 8.93. The van der Waals surface area contributed by atoms with Crippen molar-refractivity contribution in [2.45, 2.75) is 57.2 Å². The smallest absolute Gasteiger partial charge is 0.232 e. The van der Waals surface area contributed by atoms with Crippen molar-refractivity contribution < 1.29 is 0 Å². The number of nitriles is 1. The highest BCUT2D eigenvalue weighted by molar-refractivity contribution is 5.73. The molecule has 0 spiro atoms. The maximum atomic E-state index is 8.93. The van der Waals surface area contributed by atoms with Crippen LogP contribution in [-0.2, 0) is 0 Å². The summed E-state index contributed by atoms with van der Waals surface area (Å²) < 4.78 is 1.81. The van der Waals surface area contributed by atoms with Crippen LogP contribution in [0, 0.1) is 18.3 Å². The summed E-state index contributed by atoms with van der Waals surface area (Å²) in [6.45, 7) is 2.86. The zero-order valence-electron chi connectivity index (χ0n) is 16.5. The quantitative estimate of drug-likeness (QED) is 0.593. The first-order valence-electron chi connectivity index (χ1n) is 10.2. The molecular formula is C20H25N9. The lowest BCUT2D eigenvalue weighted by Crippen LogP contribution is -2.47. The van der Waals surface area contributed by atoms with Crippen LogP contribution in [0.15, 0.2) is 24.4 Å². The molecule has 9 nitrogen and oxygen atoms in total. The number of piperidine rings is 1. The van der Waals surface area contributed by atoms with Crippen LogP contribution in [-0.4, -0.2) is 54.4 Å². The van der Waals surface area contributed by atoms with Crippen LogP contribution in [0.2, 0.25) is 0 Å². The molecule has 2 unspecified atom stereocenters. The summed E-state index contributed by atoms with van der Waals surface area (Å²) in [4.78, 5) is 7.34. The first kappa shape index (κ1) is 17.9. The lowest BCUT2D eigenvalue weighted by atomic mass is 9.97. The summed E-state index contributed by atoms with van der Waals surface area (Å²) in [7, 11) is 0. The van der Waals surface area contributed by atoms with Crippen molar-refractivity contribution in [1.29, 1.82) is 5.26 Å². The van der Waals surface area contributed by atoms with E-state index in [4.69, 9.17) is 10.2 Å². The molecule has 29 heavy (non-hydrogen) atoms. The molecule has 2 fully saturated rings. The SMILES string of the molecule is Cc1cc(Nc2nc(NC3CC4CCC(C3)N4CCC#N)c3cccnn23)n[nH]1. The van der Waals surface area contributed by atoms with Crippen molar-refractivity contribution in [2.24, 2.45) is 0 Å². The third kappa shape index (κ3) is 3.40. The van der Waals surface area contributed by atoms with Gasteiger partial charge >= 0.3 is 0 Å². The number of aryl methyl sites for hydroxylation is 1. The number of hydrogen-bond acceptors (Lipinski definition) is 7. The summed E-state index contributed by atoms with van der Waals surface area (Å²) in [6, 6.07) is 9.69. The van der Waals surface area contributed by atoms with Gasteiger partial charge in [0.1, 0.15) is 5.52 Å². The van der Waals surface area contributed by atoms with Gasteiger partial charge in [-0.25, -0.2) is 0 Å². The molecule has 2 bridgehead atoms. The predicted molar refractivity (Wildman–Crippen MR) is 110 cm³/mol. The van der Waals surface area contributed by atoms with E-state index in [1.807, 2.05) is 29.6 Å². The van der Waals surface area contributed by atoms with Gasteiger partial charge in [-0.2, -0.15) is 25.0 Å². The number of imidazole rings is 1. The standard InChI is InChI=1S/C20H25N9/c1-13-10-18(27-26-13)24-20-25-19(17-4-2-8-22-29(17)20)23-14-11-15-5-6-16(12-14)28(15)9-3-7-21/h2,4,8,10,14-16,23H,3,5-6,9,11-12H2,1H3,(H2,24,25,26,27). The molecule has 0 aliphatic carbocycles. The Kier molecular flexibility index (Phi) is 4.56. The molecule has 2 atom stereocenters. The average Bonchev–Trinajstić information content (AvgIpc) is 3.35. The molecule has 3 aromatic heterocycles. The summed E-state index contributed by atoms with van der Waals surface area (Å²) in [6.07, 6.45) is 7.00. The van der Waals surface area contributed by atoms with E-state index in [1.54, 1.807) is 6.20 Å². The van der Waals surface area contributed by atoms with E-state index < -0.39 is 0 Å². The van der Waals surface area contributed by atoms with Gasteiger partial charge in [0.15, 0.2) is 11.6 Å². The summed E-state index contributed by atoms with van der Waals surface area (Å²) in [5, 5.41) is 27.5.